The van der Waals surface area contributed by atoms with Gasteiger partial charge in [0.05, 0.1) is 4.55 Å². The van der Waals surface area contributed by atoms with Crippen molar-refractivity contribution in [2.24, 2.45) is 5.73 Å². The van der Waals surface area contributed by atoms with Gasteiger partial charge in [-0.25, -0.2) is 0 Å². The van der Waals surface area contributed by atoms with Crippen molar-refractivity contribution in [3.63, 3.8) is 0 Å². The van der Waals surface area contributed by atoms with Gasteiger partial charge in [-0.15, -0.1) is 0 Å². The van der Waals surface area contributed by atoms with E-state index in [-0.39, 0.29) is 10.6 Å². The van der Waals surface area contributed by atoms with E-state index >= 15 is 0 Å². The summed E-state index contributed by atoms with van der Waals surface area (Å²) in [4.78, 5) is 13.1. The van der Waals surface area contributed by atoms with E-state index in [1.54, 1.807) is 36.4 Å². The number of halogens is 2. The molecule has 0 spiro atoms. The van der Waals surface area contributed by atoms with Crippen LogP contribution < -0.4 is 5.73 Å². The molecule has 0 unspecified atom stereocenters. The van der Waals surface area contributed by atoms with Crippen molar-refractivity contribution in [3.05, 3.63) is 81.3 Å². The van der Waals surface area contributed by atoms with Gasteiger partial charge in [-0.1, -0.05) is 53.5 Å². The second kappa shape index (κ2) is 7.34. The Morgan fingerprint density at radius 2 is 1.72 bits per heavy atom. The molecule has 6 nitrogen and oxygen atoms in total. The number of nitrogens with two attached hydrogens (primary N) is 1. The van der Waals surface area contributed by atoms with Gasteiger partial charge in [0.1, 0.15) is 15.7 Å². The lowest BCUT2D eigenvalue weighted by molar-refractivity contribution is -0.126. The van der Waals surface area contributed by atoms with Crippen molar-refractivity contribution in [3.8, 4) is 0 Å². The van der Waals surface area contributed by atoms with Crippen molar-refractivity contribution in [2.45, 2.75) is 10.0 Å². The summed E-state index contributed by atoms with van der Waals surface area (Å²) < 4.78 is 35.3. The van der Waals surface area contributed by atoms with Crippen LogP contribution in [-0.2, 0) is 33.9 Å². The Morgan fingerprint density at radius 3 is 2.34 bits per heavy atom. The molecule has 2 aromatic carbocycles. The highest BCUT2D eigenvalue weighted by molar-refractivity contribution is 7.90. The van der Waals surface area contributed by atoms with Gasteiger partial charge in [0.15, 0.2) is 13.3 Å². The zero-order valence-corrected chi connectivity index (χ0v) is 18.2. The quantitative estimate of drug-likeness (QED) is 0.507. The maximum Gasteiger partial charge on any atom is 0.304 e. The monoisotopic (exact) mass is 449 g/mol. The first-order valence-electron chi connectivity index (χ1n) is 8.59. The highest BCUT2D eigenvalue weighted by Crippen LogP contribution is 2.41. The molecule has 0 amide bonds. The standard InChI is InChI=1S/C17H16B3Cl2NO5S/c18-16(11-8-10(21)6-7-12(11)22)14(24)13(15(23)27-16)28-29(25,26)17(19,20)9-4-2-1-3-5-9/h1-8H,18-20,23H2/t16-/m0/s1. The van der Waals surface area contributed by atoms with Crippen LogP contribution in [0.3, 0.4) is 0 Å². The highest BCUT2D eigenvalue weighted by atomic mass is 35.5. The van der Waals surface area contributed by atoms with Crippen LogP contribution >= 0.6 is 23.2 Å². The third-order valence-electron chi connectivity index (χ3n) is 4.91. The van der Waals surface area contributed by atoms with Gasteiger partial charge in [-0.05, 0) is 23.8 Å². The van der Waals surface area contributed by atoms with Gasteiger partial charge in [-0.3, -0.25) is 4.79 Å². The van der Waals surface area contributed by atoms with E-state index in [2.05, 4.69) is 0 Å². The molecule has 0 bridgehead atoms. The molecule has 2 N–H and O–H groups in total. The normalized spacial score (nSPS) is 19.9. The average molecular weight is 450 g/mol. The molecule has 0 saturated heterocycles. The minimum Gasteiger partial charge on any atom is -0.467 e. The molecule has 1 aliphatic rings. The third kappa shape index (κ3) is 3.65. The van der Waals surface area contributed by atoms with Crippen LogP contribution in [0, 0.1) is 0 Å². The second-order valence-corrected chi connectivity index (χ2v) is 10.1. The van der Waals surface area contributed by atoms with Crippen molar-refractivity contribution >= 4 is 62.6 Å². The largest absolute Gasteiger partial charge is 0.467 e. The van der Waals surface area contributed by atoms with Gasteiger partial charge in [-0.2, -0.15) is 8.42 Å². The summed E-state index contributed by atoms with van der Waals surface area (Å²) in [5.74, 6) is -1.81. The van der Waals surface area contributed by atoms with E-state index in [1.807, 2.05) is 0 Å². The summed E-state index contributed by atoms with van der Waals surface area (Å²) >= 11 is 12.2. The van der Waals surface area contributed by atoms with Crippen molar-refractivity contribution < 1.29 is 22.1 Å². The Balaban J connectivity index is 1.97. The Labute approximate surface area is 181 Å². The maximum absolute atomic E-state index is 13.1. The van der Waals surface area contributed by atoms with Crippen LogP contribution in [0.4, 0.5) is 0 Å². The summed E-state index contributed by atoms with van der Waals surface area (Å²) in [5.41, 5.74) is 4.90. The number of Topliss-reactive ketones (excluding diaryl/α,β-unsaturated/α-hetero) is 1. The molecular weight excluding hydrogens is 434 g/mol. The lowest BCUT2D eigenvalue weighted by Gasteiger charge is -2.26. The van der Waals surface area contributed by atoms with Crippen LogP contribution in [0.5, 0.6) is 0 Å². The Bertz CT molecular complexity index is 1130. The fourth-order valence-corrected chi connectivity index (χ4v) is 4.44. The first-order chi connectivity index (χ1) is 13.4. The lowest BCUT2D eigenvalue weighted by Crippen LogP contribution is -2.40. The van der Waals surface area contributed by atoms with Crippen LogP contribution in [-0.4, -0.2) is 37.7 Å². The molecule has 12 heteroatoms. The molecule has 1 atom stereocenters. The molecule has 2 aromatic rings. The second-order valence-electron chi connectivity index (χ2n) is 7.20. The molecule has 0 fully saturated rings. The number of carbonyl (C=O) groups is 1. The maximum atomic E-state index is 13.1. The van der Waals surface area contributed by atoms with E-state index in [4.69, 9.17) is 37.9 Å². The first kappa shape index (κ1) is 21.7. The summed E-state index contributed by atoms with van der Waals surface area (Å²) in [7, 11) is 0.0590. The molecule has 1 aliphatic heterocycles. The van der Waals surface area contributed by atoms with Gasteiger partial charge in [0, 0.05) is 15.6 Å². The van der Waals surface area contributed by atoms with E-state index < -0.39 is 37.6 Å². The van der Waals surface area contributed by atoms with Crippen LogP contribution in [0.2, 0.25) is 10.0 Å². The molecule has 0 aliphatic carbocycles. The van der Waals surface area contributed by atoms with Crippen molar-refractivity contribution in [2.75, 3.05) is 0 Å². The van der Waals surface area contributed by atoms with Crippen LogP contribution in [0.1, 0.15) is 11.1 Å². The topological polar surface area (TPSA) is 95.7 Å². The van der Waals surface area contributed by atoms with Gasteiger partial charge in [0.25, 0.3) is 0 Å². The van der Waals surface area contributed by atoms with E-state index in [0.29, 0.717) is 10.6 Å². The van der Waals surface area contributed by atoms with Crippen LogP contribution in [0.15, 0.2) is 60.2 Å². The van der Waals surface area contributed by atoms with Gasteiger partial charge < -0.3 is 14.7 Å². The minimum atomic E-state index is -4.31. The predicted octanol–water partition coefficient (Wildman–Crippen LogP) is -0.0705. The molecule has 1 heterocycles. The number of benzene rings is 2. The molecule has 0 aromatic heterocycles. The molecular formula is C17H16B3Cl2NO5S. The Kier molecular flexibility index (Phi) is 5.49. The number of hydrogen-bond acceptors (Lipinski definition) is 6. The van der Waals surface area contributed by atoms with E-state index in [1.165, 1.54) is 35.7 Å². The number of ketones is 1. The zero-order chi connectivity index (χ0) is 21.6. The zero-order valence-electron chi connectivity index (χ0n) is 15.9. The Hall–Kier alpha value is -2.03. The molecule has 148 valence electrons. The van der Waals surface area contributed by atoms with E-state index in [9.17, 15) is 13.2 Å². The number of carbonyl (C=O) groups excluding carboxylic acids is 1. The van der Waals surface area contributed by atoms with Gasteiger partial charge >= 0.3 is 10.1 Å². The van der Waals surface area contributed by atoms with Gasteiger partial charge in [0.2, 0.25) is 17.4 Å². The molecule has 0 radical (unpaired) electrons. The summed E-state index contributed by atoms with van der Waals surface area (Å²) in [6, 6.07) is 13.0. The summed E-state index contributed by atoms with van der Waals surface area (Å²) in [6.07, 6.45) is 0. The minimum absolute atomic E-state index is 0.215. The molecule has 29 heavy (non-hydrogen) atoms. The SMILES string of the molecule is BC(B)(c1ccccc1)S(=O)(=O)OC1=C(N)O[C@@](B)(c2cc(Cl)ccc2Cl)C1=O. The smallest absolute Gasteiger partial charge is 0.304 e. The number of ether oxygens (including phenoxy) is 1. The first-order valence-corrected chi connectivity index (χ1v) is 10.8. The number of hydrogen-bond donors (Lipinski definition) is 1. The summed E-state index contributed by atoms with van der Waals surface area (Å²) in [5, 5.41) is 0.541. The molecule has 3 rings (SSSR count). The average Bonchev–Trinajstić information content (AvgIpc) is 2.88. The fourth-order valence-electron chi connectivity index (χ4n) is 2.96. The highest BCUT2D eigenvalue weighted by Gasteiger charge is 2.51. The Morgan fingerprint density at radius 1 is 1.10 bits per heavy atom. The number of rotatable bonds is 5. The third-order valence-corrected chi connectivity index (χ3v) is 7.34. The van der Waals surface area contributed by atoms with E-state index in [0.717, 1.165) is 0 Å². The fraction of sp³-hybridized carbons (Fsp3) is 0.118. The van der Waals surface area contributed by atoms with Crippen molar-refractivity contribution in [1.82, 2.24) is 0 Å². The lowest BCUT2D eigenvalue weighted by atomic mass is 9.65. The molecule has 0 saturated carbocycles. The van der Waals surface area contributed by atoms with Crippen molar-refractivity contribution in [1.29, 1.82) is 0 Å². The summed E-state index contributed by atoms with van der Waals surface area (Å²) in [6.45, 7) is 0. The van der Waals surface area contributed by atoms with Crippen LogP contribution in [0.25, 0.3) is 0 Å². The predicted molar refractivity (Wildman–Crippen MR) is 119 cm³/mol.